The fourth-order valence-corrected chi connectivity index (χ4v) is 5.85. The molecule has 0 saturated carbocycles. The molecule has 0 spiro atoms. The van der Waals surface area contributed by atoms with Crippen LogP contribution in [0.2, 0.25) is 0 Å². The molecule has 34 heavy (non-hydrogen) atoms. The van der Waals surface area contributed by atoms with Crippen molar-refractivity contribution in [3.05, 3.63) is 53.3 Å². The van der Waals surface area contributed by atoms with E-state index >= 15 is 0 Å². The number of benzene rings is 2. The second kappa shape index (κ2) is 9.95. The van der Waals surface area contributed by atoms with Crippen LogP contribution in [0.3, 0.4) is 0 Å². The van der Waals surface area contributed by atoms with E-state index in [1.165, 1.54) is 19.1 Å². The fraction of sp³-hybridized carbons (Fsp3) is 0.417. The van der Waals surface area contributed by atoms with E-state index in [4.69, 9.17) is 0 Å². The first-order valence-corrected chi connectivity index (χ1v) is 14.2. The second-order valence-electron chi connectivity index (χ2n) is 8.55. The molecule has 2 fully saturated rings. The monoisotopic (exact) mass is 505 g/mol. The molecule has 0 radical (unpaired) electrons. The molecule has 2 aromatic rings. The van der Waals surface area contributed by atoms with Crippen LogP contribution in [0.1, 0.15) is 27.6 Å². The van der Waals surface area contributed by atoms with Crippen molar-refractivity contribution in [2.75, 3.05) is 66.8 Å². The highest BCUT2D eigenvalue weighted by atomic mass is 32.2. The van der Waals surface area contributed by atoms with Crippen molar-refractivity contribution < 1.29 is 22.4 Å². The van der Waals surface area contributed by atoms with E-state index in [9.17, 15) is 22.4 Å². The maximum absolute atomic E-state index is 14.6. The van der Waals surface area contributed by atoms with Crippen LogP contribution in [0.5, 0.6) is 0 Å². The van der Waals surface area contributed by atoms with Gasteiger partial charge in [0.15, 0.2) is 15.6 Å². The summed E-state index contributed by atoms with van der Waals surface area (Å²) in [6.07, 6.45) is 1.14. The van der Waals surface area contributed by atoms with Crippen molar-refractivity contribution in [3.8, 4) is 0 Å². The molecule has 2 aliphatic rings. The molecule has 2 heterocycles. The van der Waals surface area contributed by atoms with Gasteiger partial charge in [0.05, 0.1) is 16.1 Å². The van der Waals surface area contributed by atoms with Gasteiger partial charge in [-0.3, -0.25) is 9.59 Å². The molecule has 0 atom stereocenters. The van der Waals surface area contributed by atoms with E-state index in [0.29, 0.717) is 43.0 Å². The van der Waals surface area contributed by atoms with Crippen molar-refractivity contribution in [2.45, 2.75) is 11.8 Å². The van der Waals surface area contributed by atoms with Crippen LogP contribution in [0.4, 0.5) is 15.8 Å². The zero-order chi connectivity index (χ0) is 24.5. The highest BCUT2D eigenvalue weighted by Gasteiger charge is 2.28. The summed E-state index contributed by atoms with van der Waals surface area (Å²) in [5, 5.41) is 0. The lowest BCUT2D eigenvalue weighted by Gasteiger charge is -2.37. The number of carbonyl (C=O) groups excluding carboxylic acids is 2. The Morgan fingerprint density at radius 3 is 2.09 bits per heavy atom. The molecule has 2 saturated heterocycles. The van der Waals surface area contributed by atoms with E-state index in [1.54, 1.807) is 29.2 Å². The van der Waals surface area contributed by atoms with Crippen LogP contribution >= 0.6 is 11.8 Å². The average molecular weight is 506 g/mol. The molecule has 1 amide bonds. The summed E-state index contributed by atoms with van der Waals surface area (Å²) in [4.78, 5) is 30.9. The first-order chi connectivity index (χ1) is 16.1. The molecular weight excluding hydrogens is 477 g/mol. The number of rotatable bonds is 5. The molecule has 4 rings (SSSR count). The summed E-state index contributed by atoms with van der Waals surface area (Å²) in [5.41, 5.74) is 1.87. The highest BCUT2D eigenvalue weighted by Crippen LogP contribution is 2.29. The molecule has 2 aromatic carbocycles. The Morgan fingerprint density at radius 2 is 1.50 bits per heavy atom. The Morgan fingerprint density at radius 1 is 0.882 bits per heavy atom. The smallest absolute Gasteiger partial charge is 0.256 e. The largest absolute Gasteiger partial charge is 0.369 e. The number of Topliss-reactive ketones (excluding diaryl/α,β-unsaturated/α-hetero) is 1. The van der Waals surface area contributed by atoms with Crippen LogP contribution in [0.25, 0.3) is 0 Å². The minimum absolute atomic E-state index is 0.122. The topological polar surface area (TPSA) is 78.0 Å². The number of sulfone groups is 1. The summed E-state index contributed by atoms with van der Waals surface area (Å²) in [7, 11) is -3.46. The number of piperazine rings is 1. The molecule has 0 aliphatic carbocycles. The maximum Gasteiger partial charge on any atom is 0.256 e. The lowest BCUT2D eigenvalue weighted by atomic mass is 10.1. The number of amides is 1. The first-order valence-electron chi connectivity index (χ1n) is 11.2. The van der Waals surface area contributed by atoms with Crippen LogP contribution in [-0.4, -0.2) is 82.0 Å². The zero-order valence-corrected chi connectivity index (χ0v) is 20.9. The minimum Gasteiger partial charge on any atom is -0.369 e. The fourth-order valence-electron chi connectivity index (χ4n) is 4.30. The molecule has 0 bridgehead atoms. The van der Waals surface area contributed by atoms with Crippen molar-refractivity contribution in [1.82, 2.24) is 4.90 Å². The number of halogens is 1. The second-order valence-corrected chi connectivity index (χ2v) is 11.8. The van der Waals surface area contributed by atoms with Crippen molar-refractivity contribution in [2.24, 2.45) is 0 Å². The predicted molar refractivity (Wildman–Crippen MR) is 134 cm³/mol. The number of anilines is 2. The van der Waals surface area contributed by atoms with Gasteiger partial charge in [0.2, 0.25) is 0 Å². The molecule has 10 heteroatoms. The number of carbonyl (C=O) groups is 2. The normalized spacial score (nSPS) is 17.1. The van der Waals surface area contributed by atoms with Gasteiger partial charge in [-0.1, -0.05) is 0 Å². The predicted octanol–water partition coefficient (Wildman–Crippen LogP) is 2.95. The van der Waals surface area contributed by atoms with Gasteiger partial charge in [0, 0.05) is 68.3 Å². The Hall–Kier alpha value is -2.59. The van der Waals surface area contributed by atoms with Gasteiger partial charge in [-0.2, -0.15) is 11.8 Å². The Bertz CT molecular complexity index is 1200. The molecule has 2 aliphatic heterocycles. The first kappa shape index (κ1) is 24.5. The summed E-state index contributed by atoms with van der Waals surface area (Å²) < 4.78 is 38.9. The summed E-state index contributed by atoms with van der Waals surface area (Å²) in [6.45, 7) is 4.62. The van der Waals surface area contributed by atoms with Gasteiger partial charge in [-0.15, -0.1) is 0 Å². The van der Waals surface area contributed by atoms with E-state index in [1.807, 2.05) is 16.7 Å². The quantitative estimate of drug-likeness (QED) is 0.578. The lowest BCUT2D eigenvalue weighted by molar-refractivity contribution is 0.0746. The lowest BCUT2D eigenvalue weighted by Crippen LogP contribution is -2.49. The maximum atomic E-state index is 14.6. The van der Waals surface area contributed by atoms with Crippen LogP contribution in [-0.2, 0) is 9.84 Å². The number of hydrogen-bond donors (Lipinski definition) is 0. The molecule has 0 N–H and O–H groups in total. The third-order valence-electron chi connectivity index (χ3n) is 6.24. The summed E-state index contributed by atoms with van der Waals surface area (Å²) in [6, 6.07) is 9.25. The molecular formula is C24H28FN3O4S2. The zero-order valence-electron chi connectivity index (χ0n) is 19.3. The highest BCUT2D eigenvalue weighted by molar-refractivity contribution is 7.99. The standard InChI is InChI=1S/C24H28FN3O4S2/c1-17(29)18-3-5-23(21(25)15-18)26-7-9-28(10-8-26)24(30)20-16-19(34(2,31)32)4-6-22(20)27-11-13-33-14-12-27/h3-6,15-16H,7-14H2,1-2H3. The van der Waals surface area contributed by atoms with Gasteiger partial charge in [0.25, 0.3) is 5.91 Å². The van der Waals surface area contributed by atoms with Crippen LogP contribution < -0.4 is 9.80 Å². The van der Waals surface area contributed by atoms with Gasteiger partial charge in [0.1, 0.15) is 5.82 Å². The van der Waals surface area contributed by atoms with Crippen LogP contribution in [0, 0.1) is 5.82 Å². The summed E-state index contributed by atoms with van der Waals surface area (Å²) >= 11 is 1.86. The van der Waals surface area contributed by atoms with Gasteiger partial charge < -0.3 is 14.7 Å². The Labute approximate surface area is 203 Å². The van der Waals surface area contributed by atoms with Gasteiger partial charge in [-0.25, -0.2) is 12.8 Å². The molecule has 7 nitrogen and oxygen atoms in total. The number of ketones is 1. The number of nitrogens with zero attached hydrogens (tertiary/aromatic N) is 3. The van der Waals surface area contributed by atoms with Gasteiger partial charge in [-0.05, 0) is 43.3 Å². The number of thioether (sulfide) groups is 1. The minimum atomic E-state index is -3.46. The van der Waals surface area contributed by atoms with Gasteiger partial charge >= 0.3 is 0 Å². The Kier molecular flexibility index (Phi) is 7.18. The van der Waals surface area contributed by atoms with Crippen molar-refractivity contribution in [1.29, 1.82) is 0 Å². The SMILES string of the molecule is CC(=O)c1ccc(N2CCN(C(=O)c3cc(S(C)(=O)=O)ccc3N3CCSCC3)CC2)c(F)c1. The van der Waals surface area contributed by atoms with E-state index in [2.05, 4.69) is 4.90 Å². The van der Waals surface area contributed by atoms with E-state index in [0.717, 1.165) is 36.5 Å². The van der Waals surface area contributed by atoms with E-state index in [-0.39, 0.29) is 16.6 Å². The average Bonchev–Trinajstić information content (AvgIpc) is 2.83. The molecule has 0 aromatic heterocycles. The Balaban J connectivity index is 1.55. The number of hydrogen-bond acceptors (Lipinski definition) is 7. The third-order valence-corrected chi connectivity index (χ3v) is 8.29. The van der Waals surface area contributed by atoms with Crippen molar-refractivity contribution >= 4 is 44.7 Å². The van der Waals surface area contributed by atoms with Crippen molar-refractivity contribution in [3.63, 3.8) is 0 Å². The third kappa shape index (κ3) is 5.22. The summed E-state index contributed by atoms with van der Waals surface area (Å²) in [5.74, 6) is 1.03. The molecule has 0 unspecified atom stereocenters. The molecule has 182 valence electrons. The van der Waals surface area contributed by atoms with Crippen LogP contribution in [0.15, 0.2) is 41.3 Å². The van der Waals surface area contributed by atoms with E-state index < -0.39 is 15.7 Å².